The zero-order valence-electron chi connectivity index (χ0n) is 17.2. The van der Waals surface area contributed by atoms with Gasteiger partial charge in [0.05, 0.1) is 12.7 Å². The van der Waals surface area contributed by atoms with Crippen molar-refractivity contribution in [2.24, 2.45) is 0 Å². The van der Waals surface area contributed by atoms with Crippen molar-refractivity contribution in [1.29, 1.82) is 0 Å². The summed E-state index contributed by atoms with van der Waals surface area (Å²) in [5, 5.41) is 2.76. The van der Waals surface area contributed by atoms with Crippen LogP contribution in [0.5, 0.6) is 5.75 Å². The van der Waals surface area contributed by atoms with Crippen LogP contribution in [0.3, 0.4) is 0 Å². The zero-order chi connectivity index (χ0) is 22.1. The van der Waals surface area contributed by atoms with Gasteiger partial charge in [0.2, 0.25) is 0 Å². The van der Waals surface area contributed by atoms with Gasteiger partial charge >= 0.3 is 5.97 Å². The van der Waals surface area contributed by atoms with Gasteiger partial charge in [0.1, 0.15) is 11.6 Å². The average molecular weight is 421 g/mol. The third-order valence-corrected chi connectivity index (χ3v) is 4.89. The third kappa shape index (κ3) is 6.15. The van der Waals surface area contributed by atoms with Crippen LogP contribution in [0.1, 0.15) is 33.8 Å². The van der Waals surface area contributed by atoms with Gasteiger partial charge in [-0.15, -0.1) is 0 Å². The van der Waals surface area contributed by atoms with Gasteiger partial charge in [0.15, 0.2) is 6.61 Å². The Labute approximate surface area is 180 Å². The maximum atomic E-state index is 13.9. The first kappa shape index (κ1) is 22.0. The van der Waals surface area contributed by atoms with Crippen LogP contribution in [0.25, 0.3) is 0 Å². The summed E-state index contributed by atoms with van der Waals surface area (Å²) in [6.07, 6.45) is 0.681. The molecule has 0 radical (unpaired) electrons. The number of nitrogens with one attached hydrogen (secondary N) is 1. The van der Waals surface area contributed by atoms with Crippen LogP contribution in [-0.4, -0.2) is 32.1 Å². The number of hydrogen-bond donors (Lipinski definition) is 1. The fourth-order valence-corrected chi connectivity index (χ4v) is 3.30. The van der Waals surface area contributed by atoms with Gasteiger partial charge in [-0.25, -0.2) is 9.18 Å². The molecule has 160 valence electrons. The maximum Gasteiger partial charge on any atom is 0.341 e. The second-order valence-corrected chi connectivity index (χ2v) is 6.93. The van der Waals surface area contributed by atoms with Crippen molar-refractivity contribution in [3.8, 4) is 5.75 Å². The van der Waals surface area contributed by atoms with Crippen LogP contribution in [0.15, 0.2) is 78.9 Å². The monoisotopic (exact) mass is 421 g/mol. The molecule has 0 heterocycles. The number of benzene rings is 3. The van der Waals surface area contributed by atoms with Crippen molar-refractivity contribution < 1.29 is 23.5 Å². The minimum absolute atomic E-state index is 0.124. The first-order chi connectivity index (χ1) is 15.1. The van der Waals surface area contributed by atoms with E-state index in [4.69, 9.17) is 9.47 Å². The lowest BCUT2D eigenvalue weighted by Gasteiger charge is -2.18. The summed E-state index contributed by atoms with van der Waals surface area (Å²) in [5.74, 6) is -1.70. The molecule has 0 aromatic heterocycles. The Morgan fingerprint density at radius 1 is 0.935 bits per heavy atom. The predicted octanol–water partition coefficient (Wildman–Crippen LogP) is 4.33. The Balaban J connectivity index is 1.52. The number of halogens is 1. The molecule has 0 saturated carbocycles. The van der Waals surface area contributed by atoms with Crippen LogP contribution in [-0.2, 0) is 9.53 Å². The molecule has 0 unspecified atom stereocenters. The summed E-state index contributed by atoms with van der Waals surface area (Å²) >= 11 is 0. The van der Waals surface area contributed by atoms with Crippen LogP contribution in [0.4, 0.5) is 4.39 Å². The highest BCUT2D eigenvalue weighted by Crippen LogP contribution is 2.27. The van der Waals surface area contributed by atoms with E-state index in [0.717, 1.165) is 17.2 Å². The smallest absolute Gasteiger partial charge is 0.341 e. The molecule has 1 amide bonds. The van der Waals surface area contributed by atoms with Crippen molar-refractivity contribution in [2.45, 2.75) is 12.3 Å². The van der Waals surface area contributed by atoms with E-state index in [1.165, 1.54) is 19.2 Å². The van der Waals surface area contributed by atoms with E-state index in [9.17, 15) is 14.0 Å². The topological polar surface area (TPSA) is 64.6 Å². The molecule has 0 atom stereocenters. The molecule has 1 N–H and O–H groups in total. The molecule has 5 nitrogen and oxygen atoms in total. The van der Waals surface area contributed by atoms with Crippen LogP contribution < -0.4 is 10.1 Å². The molecule has 31 heavy (non-hydrogen) atoms. The van der Waals surface area contributed by atoms with Crippen molar-refractivity contribution in [3.63, 3.8) is 0 Å². The van der Waals surface area contributed by atoms with Crippen molar-refractivity contribution in [2.75, 3.05) is 20.3 Å². The summed E-state index contributed by atoms with van der Waals surface area (Å²) in [5.41, 5.74) is 2.07. The number of carbonyl (C=O) groups excluding carboxylic acids is 2. The second-order valence-electron chi connectivity index (χ2n) is 6.93. The molecule has 6 heteroatoms. The fraction of sp³-hybridized carbons (Fsp3) is 0.200. The Morgan fingerprint density at radius 2 is 1.55 bits per heavy atom. The van der Waals surface area contributed by atoms with Crippen molar-refractivity contribution in [1.82, 2.24) is 5.32 Å². The predicted molar refractivity (Wildman–Crippen MR) is 116 cm³/mol. The minimum atomic E-state index is -0.901. The number of amides is 1. The standard InChI is InChI=1S/C25H24FNO4/c1-30-20-12-13-22(23(26)16-20)25(29)31-17-24(28)27-15-14-21(18-8-4-2-5-9-18)19-10-6-3-7-11-19/h2-13,16,21H,14-15,17H2,1H3,(H,27,28). The molecular weight excluding hydrogens is 397 g/mol. The van der Waals surface area contributed by atoms with Gasteiger partial charge in [-0.3, -0.25) is 4.79 Å². The second kappa shape index (κ2) is 10.9. The molecule has 3 aromatic rings. The average Bonchev–Trinajstić information content (AvgIpc) is 2.81. The Hall–Kier alpha value is -3.67. The molecule has 0 fully saturated rings. The lowest BCUT2D eigenvalue weighted by molar-refractivity contribution is -0.124. The maximum absolute atomic E-state index is 13.9. The highest BCUT2D eigenvalue weighted by Gasteiger charge is 2.17. The van der Waals surface area contributed by atoms with Gasteiger partial charge in [0, 0.05) is 18.5 Å². The molecular formula is C25H24FNO4. The van der Waals surface area contributed by atoms with Gasteiger partial charge in [-0.05, 0) is 29.7 Å². The third-order valence-electron chi connectivity index (χ3n) is 4.89. The summed E-state index contributed by atoms with van der Waals surface area (Å²) < 4.78 is 23.8. The molecule has 0 aliphatic heterocycles. The highest BCUT2D eigenvalue weighted by atomic mass is 19.1. The van der Waals surface area contributed by atoms with Gasteiger partial charge in [-0.2, -0.15) is 0 Å². The zero-order valence-corrected chi connectivity index (χ0v) is 17.2. The van der Waals surface area contributed by atoms with E-state index in [0.29, 0.717) is 13.0 Å². The largest absolute Gasteiger partial charge is 0.497 e. The molecule has 0 spiro atoms. The minimum Gasteiger partial charge on any atom is -0.497 e. The lowest BCUT2D eigenvalue weighted by Crippen LogP contribution is -2.30. The van der Waals surface area contributed by atoms with Gasteiger partial charge < -0.3 is 14.8 Å². The first-order valence-corrected chi connectivity index (χ1v) is 9.95. The quantitative estimate of drug-likeness (QED) is 0.523. The van der Waals surface area contributed by atoms with Gasteiger partial charge in [0.25, 0.3) is 5.91 Å². The van der Waals surface area contributed by atoms with Crippen LogP contribution >= 0.6 is 0 Å². The van der Waals surface area contributed by atoms with E-state index in [2.05, 4.69) is 29.6 Å². The fourth-order valence-electron chi connectivity index (χ4n) is 3.30. The van der Waals surface area contributed by atoms with Gasteiger partial charge in [-0.1, -0.05) is 60.7 Å². The van der Waals surface area contributed by atoms with E-state index in [1.807, 2.05) is 36.4 Å². The van der Waals surface area contributed by atoms with Crippen molar-refractivity contribution >= 4 is 11.9 Å². The number of esters is 1. The van der Waals surface area contributed by atoms with E-state index in [1.54, 1.807) is 0 Å². The molecule has 3 rings (SSSR count). The van der Waals surface area contributed by atoms with E-state index < -0.39 is 24.3 Å². The number of hydrogen-bond acceptors (Lipinski definition) is 4. The number of ether oxygens (including phenoxy) is 2. The Morgan fingerprint density at radius 3 is 2.10 bits per heavy atom. The number of rotatable bonds is 9. The summed E-state index contributed by atoms with van der Waals surface area (Å²) in [6, 6.07) is 23.9. The van der Waals surface area contributed by atoms with Crippen molar-refractivity contribution in [3.05, 3.63) is 101 Å². The molecule has 0 saturated heterocycles. The summed E-state index contributed by atoms with van der Waals surface area (Å²) in [4.78, 5) is 24.2. The highest BCUT2D eigenvalue weighted by molar-refractivity contribution is 5.91. The van der Waals surface area contributed by atoms with Crippen LogP contribution in [0, 0.1) is 5.82 Å². The summed E-state index contributed by atoms with van der Waals surface area (Å²) in [6.45, 7) is -0.0760. The molecule has 0 bridgehead atoms. The van der Waals surface area contributed by atoms with Crippen LogP contribution in [0.2, 0.25) is 0 Å². The molecule has 0 aliphatic rings. The normalized spacial score (nSPS) is 10.5. The number of methoxy groups -OCH3 is 1. The SMILES string of the molecule is COc1ccc(C(=O)OCC(=O)NCCC(c2ccccc2)c2ccccc2)c(F)c1. The summed E-state index contributed by atoms with van der Waals surface area (Å²) in [7, 11) is 1.40. The van der Waals surface area contributed by atoms with E-state index >= 15 is 0 Å². The van der Waals surface area contributed by atoms with E-state index in [-0.39, 0.29) is 17.2 Å². The first-order valence-electron chi connectivity index (χ1n) is 9.95. The molecule has 0 aliphatic carbocycles. The number of carbonyl (C=O) groups is 2. The Kier molecular flexibility index (Phi) is 7.76. The molecule has 3 aromatic carbocycles. The lowest BCUT2D eigenvalue weighted by atomic mass is 9.88. The Bertz CT molecular complexity index is 969.